The van der Waals surface area contributed by atoms with Crippen LogP contribution in [0.4, 0.5) is 10.1 Å². The fraction of sp³-hybridized carbons (Fsp3) is 0.286. The van der Waals surface area contributed by atoms with Crippen LogP contribution in [0.15, 0.2) is 73.1 Å². The van der Waals surface area contributed by atoms with E-state index in [-0.39, 0.29) is 11.7 Å². The minimum absolute atomic E-state index is 0.168. The summed E-state index contributed by atoms with van der Waals surface area (Å²) in [4.78, 5) is 19.2. The van der Waals surface area contributed by atoms with Gasteiger partial charge in [0.05, 0.1) is 30.9 Å². The number of anilines is 1. The molecule has 4 aromatic rings. The molecule has 1 saturated heterocycles. The van der Waals surface area contributed by atoms with Crippen LogP contribution >= 0.6 is 0 Å². The third kappa shape index (κ3) is 5.45. The van der Waals surface area contributed by atoms with Crippen LogP contribution in [0.1, 0.15) is 24.0 Å². The Balaban J connectivity index is 1.15. The van der Waals surface area contributed by atoms with E-state index in [4.69, 9.17) is 4.74 Å². The number of nitrogens with zero attached hydrogens (tertiary/aromatic N) is 3. The summed E-state index contributed by atoms with van der Waals surface area (Å²) in [7, 11) is 1.64. The smallest absolute Gasteiger partial charge is 0.226 e. The first kappa shape index (κ1) is 22.9. The second-order valence-corrected chi connectivity index (χ2v) is 9.03. The van der Waals surface area contributed by atoms with Gasteiger partial charge in [-0.2, -0.15) is 0 Å². The predicted octanol–water partition coefficient (Wildman–Crippen LogP) is 4.88. The third-order valence-electron chi connectivity index (χ3n) is 6.62. The lowest BCUT2D eigenvalue weighted by atomic mass is 10.0. The monoisotopic (exact) mass is 472 g/mol. The summed E-state index contributed by atoms with van der Waals surface area (Å²) >= 11 is 0. The maximum atomic E-state index is 13.2. The van der Waals surface area contributed by atoms with Crippen molar-refractivity contribution in [2.75, 3.05) is 25.5 Å². The summed E-state index contributed by atoms with van der Waals surface area (Å²) < 4.78 is 20.4. The van der Waals surface area contributed by atoms with Gasteiger partial charge in [0.2, 0.25) is 5.91 Å². The van der Waals surface area contributed by atoms with Crippen LogP contribution in [0.5, 0.6) is 5.75 Å². The molecule has 0 radical (unpaired) electrons. The molecule has 6 nitrogen and oxygen atoms in total. The Labute approximate surface area is 204 Å². The van der Waals surface area contributed by atoms with E-state index in [1.165, 1.54) is 12.1 Å². The number of hydrogen-bond acceptors (Lipinski definition) is 4. The molecule has 0 saturated carbocycles. The maximum Gasteiger partial charge on any atom is 0.226 e. The molecule has 0 aliphatic carbocycles. The number of ether oxygens (including phenoxy) is 1. The molecular formula is C28H29FN4O2. The van der Waals surface area contributed by atoms with Gasteiger partial charge in [0.25, 0.3) is 0 Å². The van der Waals surface area contributed by atoms with E-state index in [0.29, 0.717) is 19.0 Å². The molecule has 1 N–H and O–H groups in total. The number of carbonyl (C=O) groups is 1. The Morgan fingerprint density at radius 1 is 1.03 bits per heavy atom. The Hall–Kier alpha value is -3.87. The number of halogens is 1. The van der Waals surface area contributed by atoms with Gasteiger partial charge < -0.3 is 19.5 Å². The number of carbonyl (C=O) groups excluding carboxylic acids is 1. The number of fused-ring (bicyclic) bond motifs is 1. The van der Waals surface area contributed by atoms with Gasteiger partial charge in [0, 0.05) is 31.4 Å². The summed E-state index contributed by atoms with van der Waals surface area (Å²) in [6.45, 7) is 2.15. The minimum atomic E-state index is -0.229. The van der Waals surface area contributed by atoms with Crippen molar-refractivity contribution < 1.29 is 13.9 Å². The highest BCUT2D eigenvalue weighted by Gasteiger charge is 2.23. The molecule has 0 bridgehead atoms. The van der Waals surface area contributed by atoms with Crippen molar-refractivity contribution in [2.45, 2.75) is 31.8 Å². The van der Waals surface area contributed by atoms with Gasteiger partial charge in [-0.05, 0) is 66.4 Å². The molecule has 3 aromatic carbocycles. The van der Waals surface area contributed by atoms with Gasteiger partial charge in [0.15, 0.2) is 0 Å². The Morgan fingerprint density at radius 2 is 1.74 bits per heavy atom. The van der Waals surface area contributed by atoms with Crippen LogP contribution in [0.3, 0.4) is 0 Å². The van der Waals surface area contributed by atoms with Crippen LogP contribution in [-0.4, -0.2) is 46.6 Å². The van der Waals surface area contributed by atoms with Crippen molar-refractivity contribution in [3.8, 4) is 5.75 Å². The number of aromatic nitrogens is 2. The number of amides is 1. The first-order valence-electron chi connectivity index (χ1n) is 11.9. The number of nitrogens with one attached hydrogen (secondary N) is 1. The first-order chi connectivity index (χ1) is 17.1. The summed E-state index contributed by atoms with van der Waals surface area (Å²) in [6.07, 6.45) is 4.06. The van der Waals surface area contributed by atoms with Crippen molar-refractivity contribution in [2.24, 2.45) is 0 Å². The second kappa shape index (κ2) is 10.2. The van der Waals surface area contributed by atoms with Crippen LogP contribution in [0.2, 0.25) is 0 Å². The summed E-state index contributed by atoms with van der Waals surface area (Å²) in [5.74, 6) is 0.736. The summed E-state index contributed by atoms with van der Waals surface area (Å²) in [5, 5.41) is 3.62. The van der Waals surface area contributed by atoms with Crippen molar-refractivity contribution in [3.05, 3.63) is 90.0 Å². The van der Waals surface area contributed by atoms with Gasteiger partial charge in [-0.1, -0.05) is 24.3 Å². The van der Waals surface area contributed by atoms with Gasteiger partial charge in [-0.15, -0.1) is 0 Å². The Morgan fingerprint density at radius 3 is 2.46 bits per heavy atom. The summed E-state index contributed by atoms with van der Waals surface area (Å²) in [5.41, 5.74) is 5.03. The number of imidazole rings is 1. The van der Waals surface area contributed by atoms with E-state index in [9.17, 15) is 9.18 Å². The predicted molar refractivity (Wildman–Crippen MR) is 135 cm³/mol. The number of methoxy groups -OCH3 is 1. The molecule has 1 amide bonds. The molecule has 35 heavy (non-hydrogen) atoms. The number of benzene rings is 3. The molecule has 1 aromatic heterocycles. The van der Waals surface area contributed by atoms with E-state index in [2.05, 4.69) is 33.1 Å². The number of piperidine rings is 1. The van der Waals surface area contributed by atoms with E-state index < -0.39 is 0 Å². The van der Waals surface area contributed by atoms with E-state index in [0.717, 1.165) is 59.5 Å². The molecule has 1 aliphatic rings. The maximum absolute atomic E-state index is 13.2. The van der Waals surface area contributed by atoms with Crippen LogP contribution in [0, 0.1) is 5.82 Å². The Bertz CT molecular complexity index is 1290. The van der Waals surface area contributed by atoms with E-state index in [1.807, 2.05) is 35.5 Å². The van der Waals surface area contributed by atoms with Crippen LogP contribution in [0.25, 0.3) is 11.0 Å². The Kier molecular flexibility index (Phi) is 6.66. The zero-order valence-electron chi connectivity index (χ0n) is 19.8. The highest BCUT2D eigenvalue weighted by Crippen LogP contribution is 2.23. The van der Waals surface area contributed by atoms with E-state index >= 15 is 0 Å². The SMILES string of the molecule is COc1ccc(CC(=O)N2CCC(Nc3ccc4c(c3)ncn4Cc3ccc(F)cc3)CC2)cc1. The lowest BCUT2D eigenvalue weighted by Gasteiger charge is -2.33. The summed E-state index contributed by atoms with van der Waals surface area (Å²) in [6, 6.07) is 20.8. The lowest BCUT2D eigenvalue weighted by Crippen LogP contribution is -2.43. The third-order valence-corrected chi connectivity index (χ3v) is 6.62. The van der Waals surface area contributed by atoms with Crippen molar-refractivity contribution in [1.82, 2.24) is 14.5 Å². The fourth-order valence-electron chi connectivity index (χ4n) is 4.60. The molecular weight excluding hydrogens is 443 g/mol. The highest BCUT2D eigenvalue weighted by atomic mass is 19.1. The molecule has 1 aliphatic heterocycles. The zero-order chi connectivity index (χ0) is 24.2. The zero-order valence-corrected chi connectivity index (χ0v) is 19.8. The molecule has 0 atom stereocenters. The van der Waals surface area contributed by atoms with E-state index in [1.54, 1.807) is 19.2 Å². The second-order valence-electron chi connectivity index (χ2n) is 9.03. The van der Waals surface area contributed by atoms with Gasteiger partial charge in [-0.25, -0.2) is 9.37 Å². The quantitative estimate of drug-likeness (QED) is 0.417. The van der Waals surface area contributed by atoms with Gasteiger partial charge >= 0.3 is 0 Å². The largest absolute Gasteiger partial charge is 0.497 e. The van der Waals surface area contributed by atoms with Crippen molar-refractivity contribution in [1.29, 1.82) is 0 Å². The molecule has 1 fully saturated rings. The molecule has 0 unspecified atom stereocenters. The molecule has 7 heteroatoms. The van der Waals surface area contributed by atoms with Gasteiger partial charge in [-0.3, -0.25) is 4.79 Å². The normalized spacial score (nSPS) is 14.3. The average Bonchev–Trinajstić information content (AvgIpc) is 3.28. The average molecular weight is 473 g/mol. The van der Waals surface area contributed by atoms with Crippen molar-refractivity contribution >= 4 is 22.6 Å². The van der Waals surface area contributed by atoms with Gasteiger partial charge in [0.1, 0.15) is 11.6 Å². The van der Waals surface area contributed by atoms with Crippen molar-refractivity contribution in [3.63, 3.8) is 0 Å². The topological polar surface area (TPSA) is 59.4 Å². The standard InChI is InChI=1S/C28H29FN4O2/c1-35-25-9-4-20(5-10-25)16-28(34)32-14-12-23(13-15-32)31-24-8-11-27-26(17-24)30-19-33(27)18-21-2-6-22(29)7-3-21/h2-11,17,19,23,31H,12-16,18H2,1H3. The number of hydrogen-bond donors (Lipinski definition) is 1. The number of likely N-dealkylation sites (tertiary alicyclic amines) is 1. The van der Waals surface area contributed by atoms with Crippen LogP contribution < -0.4 is 10.1 Å². The molecule has 0 spiro atoms. The minimum Gasteiger partial charge on any atom is -0.497 e. The fourth-order valence-corrected chi connectivity index (χ4v) is 4.60. The highest BCUT2D eigenvalue weighted by molar-refractivity contribution is 5.80. The number of rotatable bonds is 7. The first-order valence-corrected chi connectivity index (χ1v) is 11.9. The lowest BCUT2D eigenvalue weighted by molar-refractivity contribution is -0.131. The molecule has 2 heterocycles. The van der Waals surface area contributed by atoms with Crippen LogP contribution in [-0.2, 0) is 17.8 Å². The molecule has 180 valence electrons. The molecule has 5 rings (SSSR count).